The Balaban J connectivity index is 0.00000484. The summed E-state index contributed by atoms with van der Waals surface area (Å²) in [5, 5.41) is 3.13. The van der Waals surface area contributed by atoms with Gasteiger partial charge in [-0.1, -0.05) is 45.0 Å². The highest BCUT2D eigenvalue weighted by Crippen LogP contribution is 2.23. The van der Waals surface area contributed by atoms with E-state index in [1.54, 1.807) is 0 Å². The van der Waals surface area contributed by atoms with Gasteiger partial charge in [-0.25, -0.2) is 0 Å². The maximum absolute atomic E-state index is 5.92. The van der Waals surface area contributed by atoms with Gasteiger partial charge in [-0.05, 0) is 30.9 Å². The van der Waals surface area contributed by atoms with Gasteiger partial charge >= 0.3 is 0 Å². The molecule has 0 aromatic heterocycles. The first-order valence-corrected chi connectivity index (χ1v) is 8.20. The number of hydrogen-bond acceptors (Lipinski definition) is 2. The van der Waals surface area contributed by atoms with Crippen LogP contribution < -0.4 is 11.1 Å². The standard InChI is InChI=1S/C18H31N3O.HI/c1-5-15-8-10-16(11-9-15)18(3,4)14-21-17(19)20-12-7-13-22-6-2;/h8-11H,5-7,12-14H2,1-4H3,(H3,19,20,21);1H. The minimum atomic E-state index is -0.0239. The number of ether oxygens (including phenoxy) is 1. The topological polar surface area (TPSA) is 59.6 Å². The Bertz CT molecular complexity index is 458. The van der Waals surface area contributed by atoms with Crippen molar-refractivity contribution in [1.29, 1.82) is 0 Å². The van der Waals surface area contributed by atoms with Crippen LogP contribution in [0.25, 0.3) is 0 Å². The Hall–Kier alpha value is -0.820. The molecular weight excluding hydrogens is 401 g/mol. The summed E-state index contributed by atoms with van der Waals surface area (Å²) in [7, 11) is 0. The average Bonchev–Trinajstić information content (AvgIpc) is 2.53. The Labute approximate surface area is 158 Å². The second-order valence-electron chi connectivity index (χ2n) is 6.11. The van der Waals surface area contributed by atoms with Crippen molar-refractivity contribution in [3.05, 3.63) is 35.4 Å². The molecule has 23 heavy (non-hydrogen) atoms. The average molecular weight is 433 g/mol. The monoisotopic (exact) mass is 433 g/mol. The van der Waals surface area contributed by atoms with E-state index >= 15 is 0 Å². The zero-order chi connectivity index (χ0) is 16.4. The van der Waals surface area contributed by atoms with Gasteiger partial charge in [0.1, 0.15) is 0 Å². The van der Waals surface area contributed by atoms with Crippen molar-refractivity contribution in [3.8, 4) is 0 Å². The third-order valence-electron chi connectivity index (χ3n) is 3.76. The number of aryl methyl sites for hydroxylation is 1. The molecule has 0 heterocycles. The van der Waals surface area contributed by atoms with E-state index in [1.165, 1.54) is 11.1 Å². The molecule has 0 spiro atoms. The molecule has 0 atom stereocenters. The molecule has 0 saturated carbocycles. The fraction of sp³-hybridized carbons (Fsp3) is 0.611. The van der Waals surface area contributed by atoms with Crippen LogP contribution in [-0.4, -0.2) is 32.3 Å². The van der Waals surface area contributed by atoms with Crippen LogP contribution in [0.15, 0.2) is 29.3 Å². The first-order valence-electron chi connectivity index (χ1n) is 8.20. The molecule has 0 fully saturated rings. The molecule has 4 nitrogen and oxygen atoms in total. The summed E-state index contributed by atoms with van der Waals surface area (Å²) in [6.07, 6.45) is 2.00. The molecule has 1 rings (SSSR count). The summed E-state index contributed by atoms with van der Waals surface area (Å²) >= 11 is 0. The highest BCUT2D eigenvalue weighted by molar-refractivity contribution is 14.0. The minimum Gasteiger partial charge on any atom is -0.382 e. The summed E-state index contributed by atoms with van der Waals surface area (Å²) in [4.78, 5) is 4.48. The van der Waals surface area contributed by atoms with E-state index in [-0.39, 0.29) is 29.4 Å². The van der Waals surface area contributed by atoms with E-state index in [1.807, 2.05) is 6.92 Å². The van der Waals surface area contributed by atoms with Crippen LogP contribution >= 0.6 is 24.0 Å². The van der Waals surface area contributed by atoms with Gasteiger partial charge in [0, 0.05) is 25.2 Å². The number of guanidine groups is 1. The largest absolute Gasteiger partial charge is 0.382 e. The van der Waals surface area contributed by atoms with Crippen LogP contribution in [0.5, 0.6) is 0 Å². The summed E-state index contributed by atoms with van der Waals surface area (Å²) < 4.78 is 5.29. The van der Waals surface area contributed by atoms with Crippen molar-refractivity contribution < 1.29 is 4.74 Å². The van der Waals surface area contributed by atoms with Gasteiger partial charge in [-0.2, -0.15) is 0 Å². The predicted octanol–water partition coefficient (Wildman–Crippen LogP) is 3.48. The number of nitrogens with two attached hydrogens (primary N) is 1. The summed E-state index contributed by atoms with van der Waals surface area (Å²) in [5.41, 5.74) is 8.54. The van der Waals surface area contributed by atoms with Gasteiger partial charge in [0.15, 0.2) is 5.96 Å². The van der Waals surface area contributed by atoms with Gasteiger partial charge in [0.25, 0.3) is 0 Å². The number of aliphatic imine (C=N–C) groups is 1. The first-order chi connectivity index (χ1) is 10.5. The number of benzene rings is 1. The zero-order valence-electron chi connectivity index (χ0n) is 14.9. The Morgan fingerprint density at radius 1 is 1.22 bits per heavy atom. The minimum absolute atomic E-state index is 0. The first kappa shape index (κ1) is 22.2. The maximum Gasteiger partial charge on any atom is 0.188 e. The van der Waals surface area contributed by atoms with E-state index < -0.39 is 0 Å². The molecule has 1 aromatic rings. The van der Waals surface area contributed by atoms with Crippen LogP contribution in [0.1, 0.15) is 45.2 Å². The third kappa shape index (κ3) is 8.55. The Kier molecular flexibility index (Phi) is 11.3. The quantitative estimate of drug-likeness (QED) is 0.271. The molecule has 0 unspecified atom stereocenters. The lowest BCUT2D eigenvalue weighted by atomic mass is 9.84. The molecule has 0 aliphatic carbocycles. The molecule has 0 aliphatic rings. The predicted molar refractivity (Wildman–Crippen MR) is 110 cm³/mol. The fourth-order valence-corrected chi connectivity index (χ4v) is 2.16. The molecule has 5 heteroatoms. The summed E-state index contributed by atoms with van der Waals surface area (Å²) in [6.45, 7) is 11.5. The van der Waals surface area contributed by atoms with E-state index in [0.29, 0.717) is 12.5 Å². The van der Waals surface area contributed by atoms with Crippen LogP contribution in [0.4, 0.5) is 0 Å². The second-order valence-corrected chi connectivity index (χ2v) is 6.11. The molecule has 1 aromatic carbocycles. The number of rotatable bonds is 9. The van der Waals surface area contributed by atoms with Gasteiger partial charge in [0.2, 0.25) is 0 Å². The van der Waals surface area contributed by atoms with Crippen LogP contribution in [-0.2, 0) is 16.6 Å². The molecule has 132 valence electrons. The van der Waals surface area contributed by atoms with Crippen molar-refractivity contribution in [2.45, 2.75) is 46.0 Å². The lowest BCUT2D eigenvalue weighted by Gasteiger charge is -2.23. The lowest BCUT2D eigenvalue weighted by molar-refractivity contribution is 0.145. The van der Waals surface area contributed by atoms with E-state index in [4.69, 9.17) is 10.5 Å². The SMILES string of the molecule is CCOCCCNC(N)=NCC(C)(C)c1ccc(CC)cc1.I. The highest BCUT2D eigenvalue weighted by Gasteiger charge is 2.20. The van der Waals surface area contributed by atoms with Gasteiger partial charge in [-0.3, -0.25) is 4.99 Å². The number of nitrogens with one attached hydrogen (secondary N) is 1. The molecule has 0 bridgehead atoms. The van der Waals surface area contributed by atoms with E-state index in [2.05, 4.69) is 55.3 Å². The zero-order valence-corrected chi connectivity index (χ0v) is 17.2. The van der Waals surface area contributed by atoms with Crippen LogP contribution in [0.3, 0.4) is 0 Å². The smallest absolute Gasteiger partial charge is 0.188 e. The third-order valence-corrected chi connectivity index (χ3v) is 3.76. The maximum atomic E-state index is 5.92. The van der Waals surface area contributed by atoms with Crippen molar-refractivity contribution in [3.63, 3.8) is 0 Å². The second kappa shape index (κ2) is 11.7. The Morgan fingerprint density at radius 3 is 2.43 bits per heavy atom. The normalized spacial score (nSPS) is 11.9. The van der Waals surface area contributed by atoms with Crippen LogP contribution in [0.2, 0.25) is 0 Å². The summed E-state index contributed by atoms with van der Waals surface area (Å²) in [5.74, 6) is 0.509. The van der Waals surface area contributed by atoms with E-state index in [0.717, 1.165) is 32.6 Å². The van der Waals surface area contributed by atoms with Crippen LogP contribution in [0, 0.1) is 0 Å². The molecule has 3 N–H and O–H groups in total. The molecule has 0 amide bonds. The summed E-state index contributed by atoms with van der Waals surface area (Å²) in [6, 6.07) is 8.77. The number of hydrogen-bond donors (Lipinski definition) is 2. The van der Waals surface area contributed by atoms with Crippen molar-refractivity contribution in [2.75, 3.05) is 26.3 Å². The number of nitrogens with zero attached hydrogens (tertiary/aromatic N) is 1. The lowest BCUT2D eigenvalue weighted by Crippen LogP contribution is -2.34. The van der Waals surface area contributed by atoms with Crippen molar-refractivity contribution in [2.24, 2.45) is 10.7 Å². The number of halogens is 1. The van der Waals surface area contributed by atoms with Gasteiger partial charge < -0.3 is 15.8 Å². The highest BCUT2D eigenvalue weighted by atomic mass is 127. The molecule has 0 radical (unpaired) electrons. The molecule has 0 saturated heterocycles. The fourth-order valence-electron chi connectivity index (χ4n) is 2.16. The van der Waals surface area contributed by atoms with Crippen molar-refractivity contribution >= 4 is 29.9 Å². The van der Waals surface area contributed by atoms with E-state index in [9.17, 15) is 0 Å². The molecule has 0 aliphatic heterocycles. The van der Waals surface area contributed by atoms with Gasteiger partial charge in [0.05, 0.1) is 6.54 Å². The molecular formula is C18H32IN3O. The van der Waals surface area contributed by atoms with Crippen molar-refractivity contribution in [1.82, 2.24) is 5.32 Å². The van der Waals surface area contributed by atoms with Gasteiger partial charge in [-0.15, -0.1) is 24.0 Å². The Morgan fingerprint density at radius 2 is 1.87 bits per heavy atom.